The van der Waals surface area contributed by atoms with E-state index >= 15 is 0 Å². The number of hydrogen-bond donors (Lipinski definition) is 0. The van der Waals surface area contributed by atoms with Crippen LogP contribution in [0.5, 0.6) is 0 Å². The van der Waals surface area contributed by atoms with Crippen molar-refractivity contribution in [3.05, 3.63) is 0 Å². The summed E-state index contributed by atoms with van der Waals surface area (Å²) in [5.74, 6) is -0.412. The second kappa shape index (κ2) is 2.95. The summed E-state index contributed by atoms with van der Waals surface area (Å²) in [6, 6.07) is 0. The summed E-state index contributed by atoms with van der Waals surface area (Å²) in [5, 5.41) is 0. The van der Waals surface area contributed by atoms with Crippen molar-refractivity contribution in [3.8, 4) is 0 Å². The van der Waals surface area contributed by atoms with Gasteiger partial charge in [0.05, 0.1) is 6.42 Å². The molecule has 0 saturated heterocycles. The first-order valence-corrected chi connectivity index (χ1v) is 3.63. The van der Waals surface area contributed by atoms with Crippen LogP contribution in [0.2, 0.25) is 0 Å². The van der Waals surface area contributed by atoms with Crippen LogP contribution >= 0.6 is 0 Å². The monoisotopic (exact) mass is 154 g/mol. The van der Waals surface area contributed by atoms with E-state index in [0.29, 0.717) is 0 Å². The van der Waals surface area contributed by atoms with Gasteiger partial charge in [0.25, 0.3) is 0 Å². The van der Waals surface area contributed by atoms with Gasteiger partial charge in [-0.1, -0.05) is 0 Å². The third-order valence-corrected chi connectivity index (χ3v) is 1.83. The molecule has 1 unspecified atom stereocenters. The molecule has 0 bridgehead atoms. The highest BCUT2D eigenvalue weighted by molar-refractivity contribution is 6.08. The molecule has 0 spiro atoms. The molecular weight excluding hydrogens is 144 g/mol. The van der Waals surface area contributed by atoms with Gasteiger partial charge in [0.15, 0.2) is 0 Å². The zero-order valence-electron chi connectivity index (χ0n) is 6.42. The standard InChI is InChI=1S/C8H10O3/c1-5(9)2-6-3-7(10)4-8(6)11/h6H,2-4H2,1H3. The van der Waals surface area contributed by atoms with E-state index in [1.165, 1.54) is 6.92 Å². The quantitative estimate of drug-likeness (QED) is 0.544. The van der Waals surface area contributed by atoms with Crippen molar-refractivity contribution < 1.29 is 14.4 Å². The fourth-order valence-corrected chi connectivity index (χ4v) is 1.33. The normalized spacial score (nSPS) is 24.3. The molecule has 1 atom stereocenters. The molecular formula is C8H10O3. The molecule has 3 heteroatoms. The molecule has 0 heterocycles. The second-order valence-corrected chi connectivity index (χ2v) is 2.99. The van der Waals surface area contributed by atoms with Gasteiger partial charge in [-0.05, 0) is 6.92 Å². The van der Waals surface area contributed by atoms with Crippen LogP contribution in [0.15, 0.2) is 0 Å². The summed E-state index contributed by atoms with van der Waals surface area (Å²) in [6.45, 7) is 1.44. The molecule has 0 aliphatic heterocycles. The van der Waals surface area contributed by atoms with Crippen molar-refractivity contribution >= 4 is 17.3 Å². The maximum Gasteiger partial charge on any atom is 0.144 e. The minimum Gasteiger partial charge on any atom is -0.300 e. The minimum absolute atomic E-state index is 0.0157. The first-order valence-electron chi connectivity index (χ1n) is 3.63. The van der Waals surface area contributed by atoms with Gasteiger partial charge in [-0.2, -0.15) is 0 Å². The van der Waals surface area contributed by atoms with Crippen molar-refractivity contribution in [2.45, 2.75) is 26.2 Å². The van der Waals surface area contributed by atoms with Crippen LogP contribution < -0.4 is 0 Å². The van der Waals surface area contributed by atoms with Crippen molar-refractivity contribution in [3.63, 3.8) is 0 Å². The van der Waals surface area contributed by atoms with E-state index < -0.39 is 0 Å². The first-order chi connectivity index (χ1) is 5.09. The van der Waals surface area contributed by atoms with E-state index in [-0.39, 0.29) is 42.5 Å². The highest BCUT2D eigenvalue weighted by atomic mass is 16.2. The Hall–Kier alpha value is -0.990. The molecule has 0 aromatic rings. The Morgan fingerprint density at radius 2 is 2.18 bits per heavy atom. The zero-order chi connectivity index (χ0) is 8.43. The third-order valence-electron chi connectivity index (χ3n) is 1.83. The molecule has 1 rings (SSSR count). The largest absolute Gasteiger partial charge is 0.300 e. The van der Waals surface area contributed by atoms with Crippen LogP contribution in [-0.4, -0.2) is 17.3 Å². The second-order valence-electron chi connectivity index (χ2n) is 2.99. The number of carbonyl (C=O) groups is 3. The molecule has 11 heavy (non-hydrogen) atoms. The first kappa shape index (κ1) is 8.11. The van der Waals surface area contributed by atoms with Crippen LogP contribution in [0.1, 0.15) is 26.2 Å². The van der Waals surface area contributed by atoms with E-state index in [2.05, 4.69) is 0 Å². The Balaban J connectivity index is 2.53. The van der Waals surface area contributed by atoms with E-state index in [0.717, 1.165) is 0 Å². The Morgan fingerprint density at radius 1 is 1.55 bits per heavy atom. The number of ketones is 3. The smallest absolute Gasteiger partial charge is 0.144 e. The summed E-state index contributed by atoms with van der Waals surface area (Å²) in [4.78, 5) is 32.2. The predicted molar refractivity (Wildman–Crippen MR) is 38.0 cm³/mol. The molecule has 60 valence electrons. The van der Waals surface area contributed by atoms with Gasteiger partial charge in [0, 0.05) is 18.8 Å². The fraction of sp³-hybridized carbons (Fsp3) is 0.625. The van der Waals surface area contributed by atoms with Crippen molar-refractivity contribution in [2.75, 3.05) is 0 Å². The topological polar surface area (TPSA) is 51.2 Å². The highest BCUT2D eigenvalue weighted by Gasteiger charge is 2.31. The summed E-state index contributed by atoms with van der Waals surface area (Å²) in [6.07, 6.45) is 0.556. The summed E-state index contributed by atoms with van der Waals surface area (Å²) < 4.78 is 0. The average molecular weight is 154 g/mol. The van der Waals surface area contributed by atoms with Crippen LogP contribution in [0.4, 0.5) is 0 Å². The number of hydrogen-bond acceptors (Lipinski definition) is 3. The lowest BCUT2D eigenvalue weighted by Crippen LogP contribution is -2.09. The maximum absolute atomic E-state index is 10.9. The SMILES string of the molecule is CC(=O)CC1CC(=O)CC1=O. The Labute approximate surface area is 64.8 Å². The molecule has 0 aromatic carbocycles. The minimum atomic E-state index is -0.306. The van der Waals surface area contributed by atoms with Gasteiger partial charge in [-0.25, -0.2) is 0 Å². The lowest BCUT2D eigenvalue weighted by Gasteiger charge is -2.00. The molecule has 1 aliphatic carbocycles. The molecule has 1 saturated carbocycles. The third kappa shape index (κ3) is 1.97. The van der Waals surface area contributed by atoms with Gasteiger partial charge >= 0.3 is 0 Å². The van der Waals surface area contributed by atoms with Crippen LogP contribution in [-0.2, 0) is 14.4 Å². The van der Waals surface area contributed by atoms with Gasteiger partial charge in [-0.15, -0.1) is 0 Å². The Bertz CT molecular complexity index is 217. The van der Waals surface area contributed by atoms with Crippen molar-refractivity contribution in [2.24, 2.45) is 5.92 Å². The Kier molecular flexibility index (Phi) is 2.17. The van der Waals surface area contributed by atoms with E-state index in [1.807, 2.05) is 0 Å². The number of carbonyl (C=O) groups excluding carboxylic acids is 3. The molecule has 3 nitrogen and oxygen atoms in total. The molecule has 0 amide bonds. The number of Topliss-reactive ketones (excluding diaryl/α,β-unsaturated/α-hetero) is 3. The highest BCUT2D eigenvalue weighted by Crippen LogP contribution is 2.21. The van der Waals surface area contributed by atoms with Crippen LogP contribution in [0.25, 0.3) is 0 Å². The van der Waals surface area contributed by atoms with Gasteiger partial charge in [0.2, 0.25) is 0 Å². The molecule has 0 aromatic heterocycles. The van der Waals surface area contributed by atoms with Crippen molar-refractivity contribution in [1.29, 1.82) is 0 Å². The predicted octanol–water partition coefficient (Wildman–Crippen LogP) is 0.514. The lowest BCUT2D eigenvalue weighted by molar-refractivity contribution is -0.125. The van der Waals surface area contributed by atoms with Gasteiger partial charge in [-0.3, -0.25) is 9.59 Å². The molecule has 1 aliphatic rings. The van der Waals surface area contributed by atoms with Crippen LogP contribution in [0, 0.1) is 5.92 Å². The van der Waals surface area contributed by atoms with E-state index in [9.17, 15) is 14.4 Å². The summed E-state index contributed by atoms with van der Waals surface area (Å²) in [5.41, 5.74) is 0. The van der Waals surface area contributed by atoms with Crippen LogP contribution in [0.3, 0.4) is 0 Å². The Morgan fingerprint density at radius 3 is 2.55 bits per heavy atom. The van der Waals surface area contributed by atoms with Crippen molar-refractivity contribution in [1.82, 2.24) is 0 Å². The average Bonchev–Trinajstić information content (AvgIpc) is 2.09. The lowest BCUT2D eigenvalue weighted by atomic mass is 10.0. The molecule has 1 fully saturated rings. The number of rotatable bonds is 2. The maximum atomic E-state index is 10.9. The summed E-state index contributed by atoms with van der Waals surface area (Å²) in [7, 11) is 0. The van der Waals surface area contributed by atoms with Gasteiger partial charge < -0.3 is 4.79 Å². The zero-order valence-corrected chi connectivity index (χ0v) is 6.42. The summed E-state index contributed by atoms with van der Waals surface area (Å²) >= 11 is 0. The molecule has 0 N–H and O–H groups in total. The van der Waals surface area contributed by atoms with E-state index in [1.54, 1.807) is 0 Å². The van der Waals surface area contributed by atoms with E-state index in [4.69, 9.17) is 0 Å². The fourth-order valence-electron chi connectivity index (χ4n) is 1.33. The molecule has 0 radical (unpaired) electrons. The van der Waals surface area contributed by atoms with Gasteiger partial charge in [0.1, 0.15) is 17.3 Å².